The molecule has 2 aromatic carbocycles. The van der Waals surface area contributed by atoms with E-state index >= 15 is 0 Å². The van der Waals surface area contributed by atoms with Crippen molar-refractivity contribution in [2.24, 2.45) is 22.7 Å². The molecule has 8 nitrogen and oxygen atoms in total. The maximum absolute atomic E-state index is 12.1. The van der Waals surface area contributed by atoms with Gasteiger partial charge in [-0.1, -0.05) is 106 Å². The van der Waals surface area contributed by atoms with E-state index in [4.69, 9.17) is 34.9 Å². The van der Waals surface area contributed by atoms with Crippen LogP contribution in [0.5, 0.6) is 0 Å². The number of nitrogens with one attached hydrogen (secondary N) is 2. The first-order chi connectivity index (χ1) is 21.7. The smallest absolute Gasteiger partial charge is 0.258 e. The summed E-state index contributed by atoms with van der Waals surface area (Å²) in [5.74, 6) is 10.5. The van der Waals surface area contributed by atoms with E-state index in [1.165, 1.54) is 0 Å². The summed E-state index contributed by atoms with van der Waals surface area (Å²) in [6.07, 6.45) is 14.8. The zero-order valence-corrected chi connectivity index (χ0v) is 29.2. The van der Waals surface area contributed by atoms with E-state index in [-0.39, 0.29) is 11.9 Å². The van der Waals surface area contributed by atoms with Gasteiger partial charge in [0.1, 0.15) is 0 Å². The molecule has 1 aromatic heterocycles. The topological polar surface area (TPSA) is 123 Å². The molecule has 0 spiro atoms. The maximum Gasteiger partial charge on any atom is 0.258 e. The van der Waals surface area contributed by atoms with Gasteiger partial charge in [0.15, 0.2) is 0 Å². The van der Waals surface area contributed by atoms with Crippen LogP contribution in [0.4, 0.5) is 0 Å². The summed E-state index contributed by atoms with van der Waals surface area (Å²) >= 11 is 12.2. The van der Waals surface area contributed by atoms with E-state index in [1.54, 1.807) is 30.5 Å². The van der Waals surface area contributed by atoms with Crippen molar-refractivity contribution >= 4 is 35.1 Å². The van der Waals surface area contributed by atoms with Gasteiger partial charge in [-0.05, 0) is 68.1 Å². The van der Waals surface area contributed by atoms with Gasteiger partial charge in [0.25, 0.3) is 5.91 Å². The van der Waals surface area contributed by atoms with Gasteiger partial charge >= 0.3 is 0 Å². The Labute approximate surface area is 280 Å². The summed E-state index contributed by atoms with van der Waals surface area (Å²) in [6.45, 7) is 21.6. The summed E-state index contributed by atoms with van der Waals surface area (Å²) < 4.78 is 1.83. The molecule has 45 heavy (non-hydrogen) atoms. The number of hydrazine groups is 1. The largest absolute Gasteiger partial charge is 0.320 e. The number of carbonyl (C=O) groups is 1. The van der Waals surface area contributed by atoms with Crippen LogP contribution in [0.1, 0.15) is 70.8 Å². The lowest BCUT2D eigenvalue weighted by Gasteiger charge is -2.10. The molecule has 0 saturated carbocycles. The summed E-state index contributed by atoms with van der Waals surface area (Å²) in [5, 5.41) is 11.2. The highest BCUT2D eigenvalue weighted by molar-refractivity contribution is 6.35. The van der Waals surface area contributed by atoms with Gasteiger partial charge in [-0.15, -0.1) is 18.3 Å². The minimum Gasteiger partial charge on any atom is -0.320 e. The van der Waals surface area contributed by atoms with Crippen LogP contribution in [0, 0.1) is 5.92 Å². The van der Waals surface area contributed by atoms with Crippen molar-refractivity contribution in [2.45, 2.75) is 61.4 Å². The SMILES string of the molecule is C=CC.C=CC(C)C/C=C\C=C/C.CC.CC.N/N=C(\NN)NC(=O)c1ccc(Cn2nccc2-c2cc(Cl)cc(Cl)c2)cc1. The molecule has 3 rings (SSSR count). The predicted molar refractivity (Wildman–Crippen MR) is 196 cm³/mol. The Morgan fingerprint density at radius 1 is 1.02 bits per heavy atom. The lowest BCUT2D eigenvalue weighted by Crippen LogP contribution is -2.45. The molecule has 0 saturated heterocycles. The average Bonchev–Trinajstić information content (AvgIpc) is 3.52. The molecule has 246 valence electrons. The minimum atomic E-state index is -0.387. The zero-order chi connectivity index (χ0) is 34.6. The standard InChI is InChI=1S/C18H17Cl2N7O.C10H16.C3H6.2C2H6/c19-14-7-13(8-15(20)9-14)16-5-6-23-27(16)10-11-1-3-12(4-2-11)17(28)24-18(25-21)26-22;1-4-6-7-8-9-10(3)5-2;1-3-2;2*1-2/h1-9H,10,21-22H2,(H2,24,25,26,28);4-8,10H,2,9H2,1,3H3;3H,1H2,2H3;2*1-2H3/b;6-4-,8-7-;;;. The molecule has 1 heterocycles. The molecule has 6 N–H and O–H groups in total. The van der Waals surface area contributed by atoms with Crippen LogP contribution >= 0.6 is 23.2 Å². The monoisotopic (exact) mass is 655 g/mol. The third-order valence-electron chi connectivity index (χ3n) is 5.27. The molecule has 0 aliphatic rings. The second-order valence-corrected chi connectivity index (χ2v) is 9.49. The van der Waals surface area contributed by atoms with E-state index in [2.05, 4.69) is 53.2 Å². The Balaban J connectivity index is 0. The lowest BCUT2D eigenvalue weighted by atomic mass is 10.1. The highest BCUT2D eigenvalue weighted by Gasteiger charge is 2.11. The van der Waals surface area contributed by atoms with Crippen LogP contribution in [0.3, 0.4) is 0 Å². The van der Waals surface area contributed by atoms with E-state index < -0.39 is 0 Å². The van der Waals surface area contributed by atoms with Crippen LogP contribution in [0.25, 0.3) is 11.3 Å². The lowest BCUT2D eigenvalue weighted by molar-refractivity contribution is 0.0975. The number of rotatable bonds is 8. The number of hydrogen-bond acceptors (Lipinski definition) is 5. The number of nitrogens with zero attached hydrogens (tertiary/aromatic N) is 3. The Kier molecular flexibility index (Phi) is 26.2. The van der Waals surface area contributed by atoms with Crippen molar-refractivity contribution in [1.29, 1.82) is 0 Å². The van der Waals surface area contributed by atoms with Gasteiger partial charge in [-0.3, -0.25) is 20.2 Å². The predicted octanol–water partition coefficient (Wildman–Crippen LogP) is 8.90. The van der Waals surface area contributed by atoms with Gasteiger partial charge in [0, 0.05) is 27.4 Å². The number of benzene rings is 2. The number of hydrogen-bond donors (Lipinski definition) is 4. The van der Waals surface area contributed by atoms with Crippen LogP contribution in [0.2, 0.25) is 10.0 Å². The quantitative estimate of drug-likeness (QED) is 0.0482. The molecular weight excluding hydrogens is 605 g/mol. The molecule has 3 aromatic rings. The molecule has 0 aliphatic heterocycles. The van der Waals surface area contributed by atoms with Crippen LogP contribution in [-0.4, -0.2) is 21.6 Å². The Hall–Kier alpha value is -4.11. The molecule has 0 bridgehead atoms. The average molecular weight is 657 g/mol. The van der Waals surface area contributed by atoms with Crippen molar-refractivity contribution in [3.63, 3.8) is 0 Å². The van der Waals surface area contributed by atoms with Gasteiger partial charge in [0.05, 0.1) is 12.2 Å². The van der Waals surface area contributed by atoms with Crippen molar-refractivity contribution in [1.82, 2.24) is 20.5 Å². The molecule has 10 heteroatoms. The highest BCUT2D eigenvalue weighted by atomic mass is 35.5. The van der Waals surface area contributed by atoms with Crippen molar-refractivity contribution in [3.8, 4) is 11.3 Å². The number of aromatic nitrogens is 2. The van der Waals surface area contributed by atoms with Crippen molar-refractivity contribution in [2.75, 3.05) is 0 Å². The molecule has 1 atom stereocenters. The van der Waals surface area contributed by atoms with E-state index in [0.29, 0.717) is 28.1 Å². The molecule has 0 aliphatic carbocycles. The first kappa shape index (κ1) is 43.0. The van der Waals surface area contributed by atoms with Crippen LogP contribution < -0.4 is 22.4 Å². The number of nitrogens with two attached hydrogens (primary N) is 2. The second-order valence-electron chi connectivity index (χ2n) is 8.62. The van der Waals surface area contributed by atoms with Crippen molar-refractivity contribution < 1.29 is 4.79 Å². The van der Waals surface area contributed by atoms with Crippen molar-refractivity contribution in [3.05, 3.63) is 126 Å². The van der Waals surface area contributed by atoms with Crippen LogP contribution in [-0.2, 0) is 6.54 Å². The van der Waals surface area contributed by atoms with Gasteiger partial charge in [0.2, 0.25) is 5.96 Å². The van der Waals surface area contributed by atoms with Gasteiger partial charge in [-0.2, -0.15) is 5.10 Å². The van der Waals surface area contributed by atoms with Crippen LogP contribution in [0.15, 0.2) is 109 Å². The number of guanidine groups is 1. The number of carbonyl (C=O) groups excluding carboxylic acids is 1. The molecular formula is C35H51Cl2N7O. The molecule has 1 amide bonds. The number of hydrazone groups is 1. The minimum absolute atomic E-state index is 0.0320. The summed E-state index contributed by atoms with van der Waals surface area (Å²) in [7, 11) is 0. The fourth-order valence-corrected chi connectivity index (χ4v) is 3.73. The Morgan fingerprint density at radius 3 is 2.09 bits per heavy atom. The van der Waals surface area contributed by atoms with E-state index in [1.807, 2.05) is 94.8 Å². The third-order valence-corrected chi connectivity index (χ3v) is 5.71. The molecule has 0 fully saturated rings. The molecule has 1 unspecified atom stereocenters. The Morgan fingerprint density at radius 2 is 1.60 bits per heavy atom. The van der Waals surface area contributed by atoms with Gasteiger partial charge < -0.3 is 5.84 Å². The zero-order valence-electron chi connectivity index (χ0n) is 27.7. The first-order valence-electron chi connectivity index (χ1n) is 14.8. The normalized spacial score (nSPS) is 10.8. The number of amides is 1. The molecule has 0 radical (unpaired) electrons. The first-order valence-corrected chi connectivity index (χ1v) is 15.6. The fourth-order valence-electron chi connectivity index (χ4n) is 3.20. The maximum atomic E-state index is 12.1. The number of halogens is 2. The highest BCUT2D eigenvalue weighted by Crippen LogP contribution is 2.27. The summed E-state index contributed by atoms with van der Waals surface area (Å²) in [5.41, 5.74) is 5.32. The van der Waals surface area contributed by atoms with Gasteiger partial charge in [-0.25, -0.2) is 5.84 Å². The van der Waals surface area contributed by atoms with E-state index in [0.717, 1.165) is 23.2 Å². The summed E-state index contributed by atoms with van der Waals surface area (Å²) in [6, 6.07) is 14.3. The fraction of sp³-hybridized carbons (Fsp3) is 0.286. The summed E-state index contributed by atoms with van der Waals surface area (Å²) in [4.78, 5) is 12.1. The van der Waals surface area contributed by atoms with E-state index in [9.17, 15) is 4.79 Å². The second kappa shape index (κ2) is 27.4. The third kappa shape index (κ3) is 18.3. The number of allylic oxidation sites excluding steroid dienone is 6. The Bertz CT molecular complexity index is 1310.